The van der Waals surface area contributed by atoms with Crippen molar-refractivity contribution in [1.82, 2.24) is 5.32 Å². The minimum Gasteiger partial charge on any atom is -0.378 e. The van der Waals surface area contributed by atoms with Crippen molar-refractivity contribution in [1.29, 1.82) is 0 Å². The van der Waals surface area contributed by atoms with Crippen LogP contribution in [-0.2, 0) is 4.74 Å². The first-order valence-corrected chi connectivity index (χ1v) is 5.17. The zero-order chi connectivity index (χ0) is 8.39. The fraction of sp³-hybridized carbons (Fsp3) is 0.500. The van der Waals surface area contributed by atoms with Crippen molar-refractivity contribution in [3.8, 4) is 0 Å². The molecule has 1 aliphatic heterocycles. The molecule has 0 bridgehead atoms. The van der Waals surface area contributed by atoms with E-state index < -0.39 is 0 Å². The molecule has 0 radical (unpaired) electrons. The SMILES string of the molecule is Clc1sccc1C1COCCN1. The average molecular weight is 204 g/mol. The van der Waals surface area contributed by atoms with Crippen molar-refractivity contribution in [3.05, 3.63) is 21.3 Å². The largest absolute Gasteiger partial charge is 0.378 e. The number of hydrogen-bond donors (Lipinski definition) is 1. The second kappa shape index (κ2) is 3.75. The standard InChI is InChI=1S/C8H10ClNOS/c9-8-6(1-4-12-8)7-5-11-3-2-10-7/h1,4,7,10H,2-3,5H2. The summed E-state index contributed by atoms with van der Waals surface area (Å²) in [7, 11) is 0. The van der Waals surface area contributed by atoms with Crippen LogP contribution in [0, 0.1) is 0 Å². The smallest absolute Gasteiger partial charge is 0.0977 e. The quantitative estimate of drug-likeness (QED) is 0.755. The van der Waals surface area contributed by atoms with E-state index in [1.54, 1.807) is 11.3 Å². The fourth-order valence-corrected chi connectivity index (χ4v) is 2.35. The van der Waals surface area contributed by atoms with Crippen LogP contribution in [0.1, 0.15) is 11.6 Å². The minimum atomic E-state index is 0.289. The van der Waals surface area contributed by atoms with E-state index in [2.05, 4.69) is 11.4 Å². The molecule has 66 valence electrons. The van der Waals surface area contributed by atoms with E-state index in [1.165, 1.54) is 5.56 Å². The molecule has 1 aliphatic rings. The van der Waals surface area contributed by atoms with Crippen LogP contribution in [-0.4, -0.2) is 19.8 Å². The Morgan fingerprint density at radius 3 is 3.17 bits per heavy atom. The van der Waals surface area contributed by atoms with Crippen LogP contribution in [0.4, 0.5) is 0 Å². The maximum Gasteiger partial charge on any atom is 0.0977 e. The Morgan fingerprint density at radius 1 is 1.67 bits per heavy atom. The van der Waals surface area contributed by atoms with Gasteiger partial charge >= 0.3 is 0 Å². The van der Waals surface area contributed by atoms with Crippen molar-refractivity contribution >= 4 is 22.9 Å². The average Bonchev–Trinajstić information content (AvgIpc) is 2.53. The van der Waals surface area contributed by atoms with Crippen molar-refractivity contribution < 1.29 is 4.74 Å². The lowest BCUT2D eigenvalue weighted by atomic mass is 10.1. The highest BCUT2D eigenvalue weighted by molar-refractivity contribution is 7.14. The summed E-state index contributed by atoms with van der Waals surface area (Å²) in [5.41, 5.74) is 1.17. The van der Waals surface area contributed by atoms with Crippen LogP contribution in [0.5, 0.6) is 0 Å². The van der Waals surface area contributed by atoms with Gasteiger partial charge in [-0.05, 0) is 11.4 Å². The van der Waals surface area contributed by atoms with Crippen molar-refractivity contribution in [2.45, 2.75) is 6.04 Å². The summed E-state index contributed by atoms with van der Waals surface area (Å²) in [6.07, 6.45) is 0. The lowest BCUT2D eigenvalue weighted by molar-refractivity contribution is 0.0770. The molecule has 2 nitrogen and oxygen atoms in total. The molecule has 0 saturated carbocycles. The Balaban J connectivity index is 2.13. The molecule has 1 aromatic heterocycles. The van der Waals surface area contributed by atoms with Gasteiger partial charge in [0.2, 0.25) is 0 Å². The number of hydrogen-bond acceptors (Lipinski definition) is 3. The monoisotopic (exact) mass is 203 g/mol. The van der Waals surface area contributed by atoms with Crippen molar-refractivity contribution in [2.75, 3.05) is 19.8 Å². The molecule has 0 amide bonds. The summed E-state index contributed by atoms with van der Waals surface area (Å²) < 4.78 is 6.22. The summed E-state index contributed by atoms with van der Waals surface area (Å²) in [6, 6.07) is 2.34. The van der Waals surface area contributed by atoms with E-state index in [0.29, 0.717) is 0 Å². The Hall–Kier alpha value is -0.0900. The molecule has 1 unspecified atom stereocenters. The third-order valence-electron chi connectivity index (χ3n) is 1.94. The Morgan fingerprint density at radius 2 is 2.58 bits per heavy atom. The Bertz CT molecular complexity index is 257. The second-order valence-corrected chi connectivity index (χ2v) is 4.25. The van der Waals surface area contributed by atoms with E-state index >= 15 is 0 Å². The fourth-order valence-electron chi connectivity index (χ4n) is 1.32. The van der Waals surface area contributed by atoms with Gasteiger partial charge in [-0.1, -0.05) is 11.6 Å². The summed E-state index contributed by atoms with van der Waals surface area (Å²) in [5, 5.41) is 5.37. The van der Waals surface area contributed by atoms with Gasteiger partial charge in [-0.15, -0.1) is 11.3 Å². The molecule has 2 rings (SSSR count). The maximum absolute atomic E-state index is 6.00. The van der Waals surface area contributed by atoms with E-state index in [1.807, 2.05) is 5.38 Å². The number of morpholine rings is 1. The zero-order valence-electron chi connectivity index (χ0n) is 6.55. The van der Waals surface area contributed by atoms with Gasteiger partial charge in [0.25, 0.3) is 0 Å². The number of nitrogens with one attached hydrogen (secondary N) is 1. The Labute approximate surface area is 80.5 Å². The molecule has 4 heteroatoms. The van der Waals surface area contributed by atoms with Gasteiger partial charge in [0.15, 0.2) is 0 Å². The number of ether oxygens (including phenoxy) is 1. The van der Waals surface area contributed by atoms with Crippen LogP contribution in [0.25, 0.3) is 0 Å². The molecule has 2 heterocycles. The predicted molar refractivity (Wildman–Crippen MR) is 50.9 cm³/mol. The molecule has 1 atom stereocenters. The van der Waals surface area contributed by atoms with Crippen LogP contribution in [0.2, 0.25) is 4.34 Å². The molecule has 12 heavy (non-hydrogen) atoms. The number of halogens is 1. The van der Waals surface area contributed by atoms with Crippen LogP contribution >= 0.6 is 22.9 Å². The third kappa shape index (κ3) is 1.64. The molecule has 1 N–H and O–H groups in total. The Kier molecular flexibility index (Phi) is 2.66. The van der Waals surface area contributed by atoms with Gasteiger partial charge in [-0.2, -0.15) is 0 Å². The van der Waals surface area contributed by atoms with E-state index in [0.717, 1.165) is 24.1 Å². The molecule has 1 aromatic rings. The summed E-state index contributed by atoms with van der Waals surface area (Å²) in [6.45, 7) is 2.45. The lowest BCUT2D eigenvalue weighted by Gasteiger charge is -2.23. The zero-order valence-corrected chi connectivity index (χ0v) is 8.12. The highest BCUT2D eigenvalue weighted by Crippen LogP contribution is 2.29. The van der Waals surface area contributed by atoms with Crippen LogP contribution < -0.4 is 5.32 Å². The first kappa shape index (κ1) is 8.51. The molecular weight excluding hydrogens is 194 g/mol. The highest BCUT2D eigenvalue weighted by Gasteiger charge is 2.17. The van der Waals surface area contributed by atoms with Crippen LogP contribution in [0.3, 0.4) is 0 Å². The van der Waals surface area contributed by atoms with E-state index in [9.17, 15) is 0 Å². The first-order chi connectivity index (χ1) is 5.88. The normalized spacial score (nSPS) is 24.2. The van der Waals surface area contributed by atoms with Gasteiger partial charge < -0.3 is 10.1 Å². The highest BCUT2D eigenvalue weighted by atomic mass is 35.5. The molecular formula is C8H10ClNOS. The number of thiophene rings is 1. The van der Waals surface area contributed by atoms with Gasteiger partial charge in [0.1, 0.15) is 0 Å². The summed E-state index contributed by atoms with van der Waals surface area (Å²) >= 11 is 7.56. The first-order valence-electron chi connectivity index (χ1n) is 3.92. The minimum absolute atomic E-state index is 0.289. The van der Waals surface area contributed by atoms with Gasteiger partial charge in [-0.3, -0.25) is 0 Å². The van der Waals surface area contributed by atoms with E-state index in [-0.39, 0.29) is 6.04 Å². The van der Waals surface area contributed by atoms with Crippen LogP contribution in [0.15, 0.2) is 11.4 Å². The third-order valence-corrected chi connectivity index (χ3v) is 3.14. The summed E-state index contributed by atoms with van der Waals surface area (Å²) in [4.78, 5) is 0. The number of rotatable bonds is 1. The van der Waals surface area contributed by atoms with Gasteiger partial charge in [-0.25, -0.2) is 0 Å². The predicted octanol–water partition coefficient (Wildman–Crippen LogP) is 2.06. The molecule has 1 saturated heterocycles. The topological polar surface area (TPSA) is 21.3 Å². The van der Waals surface area contributed by atoms with Gasteiger partial charge in [0, 0.05) is 12.1 Å². The molecule has 0 spiro atoms. The maximum atomic E-state index is 6.00. The lowest BCUT2D eigenvalue weighted by Crippen LogP contribution is -2.34. The summed E-state index contributed by atoms with van der Waals surface area (Å²) in [5.74, 6) is 0. The molecule has 0 aromatic carbocycles. The molecule has 1 fully saturated rings. The van der Waals surface area contributed by atoms with Crippen molar-refractivity contribution in [2.24, 2.45) is 0 Å². The van der Waals surface area contributed by atoms with E-state index in [4.69, 9.17) is 16.3 Å². The molecule has 0 aliphatic carbocycles. The van der Waals surface area contributed by atoms with Crippen molar-refractivity contribution in [3.63, 3.8) is 0 Å². The second-order valence-electron chi connectivity index (χ2n) is 2.73. The van der Waals surface area contributed by atoms with Gasteiger partial charge in [0.05, 0.1) is 23.6 Å².